The lowest BCUT2D eigenvalue weighted by Gasteiger charge is -2.10. The highest BCUT2D eigenvalue weighted by atomic mass is 32.1. The summed E-state index contributed by atoms with van der Waals surface area (Å²) >= 11 is 1.75. The van der Waals surface area contributed by atoms with Crippen molar-refractivity contribution >= 4 is 75.4 Å². The summed E-state index contributed by atoms with van der Waals surface area (Å²) in [4.78, 5) is 10.7. The Morgan fingerprint density at radius 3 is 2.04 bits per heavy atom. The molecule has 4 nitrogen and oxygen atoms in total. The molecule has 210 valence electrons. The molecule has 45 heavy (non-hydrogen) atoms. The molecule has 4 heterocycles. The maximum Gasteiger partial charge on any atom is 0.235 e. The molecule has 0 unspecified atom stereocenters. The van der Waals surface area contributed by atoms with E-state index in [1.807, 2.05) is 18.2 Å². The first-order valence-electron chi connectivity index (χ1n) is 15.0. The Labute approximate surface area is 261 Å². The monoisotopic (exact) mass is 593 g/mol. The molecule has 0 spiro atoms. The number of fused-ring (bicyclic) bond motifs is 10. The van der Waals surface area contributed by atoms with E-state index >= 15 is 0 Å². The zero-order valence-corrected chi connectivity index (χ0v) is 24.8. The zero-order chi connectivity index (χ0) is 29.5. The van der Waals surface area contributed by atoms with Gasteiger partial charge >= 0.3 is 0 Å². The zero-order valence-electron chi connectivity index (χ0n) is 23.9. The Hall–Kier alpha value is -5.78. The van der Waals surface area contributed by atoms with Gasteiger partial charge in [0.05, 0.1) is 26.9 Å². The molecule has 4 aromatic heterocycles. The van der Waals surface area contributed by atoms with Gasteiger partial charge in [0.15, 0.2) is 0 Å². The molecule has 5 heteroatoms. The molecule has 0 amide bonds. The van der Waals surface area contributed by atoms with Crippen LogP contribution in [0.3, 0.4) is 0 Å². The van der Waals surface area contributed by atoms with Crippen molar-refractivity contribution in [2.75, 3.05) is 0 Å². The highest BCUT2D eigenvalue weighted by molar-refractivity contribution is 7.26. The number of rotatable bonds is 3. The normalized spacial score (nSPS) is 12.0. The van der Waals surface area contributed by atoms with Crippen LogP contribution in [0.4, 0.5) is 0 Å². The van der Waals surface area contributed by atoms with Crippen molar-refractivity contribution in [3.8, 4) is 28.3 Å². The summed E-state index contributed by atoms with van der Waals surface area (Å²) in [5.74, 6) is 0.659. The van der Waals surface area contributed by atoms with Crippen LogP contribution in [0.25, 0.3) is 92.4 Å². The molecule has 0 aliphatic carbocycles. The summed E-state index contributed by atoms with van der Waals surface area (Å²) in [5, 5.41) is 5.68. The van der Waals surface area contributed by atoms with Gasteiger partial charge < -0.3 is 4.42 Å². The van der Waals surface area contributed by atoms with Crippen molar-refractivity contribution in [1.29, 1.82) is 0 Å². The summed E-state index contributed by atoms with van der Waals surface area (Å²) in [6, 6.07) is 48.8. The molecule has 0 N–H and O–H groups in total. The fourth-order valence-electron chi connectivity index (χ4n) is 6.82. The largest absolute Gasteiger partial charge is 0.456 e. The third-order valence-electron chi connectivity index (χ3n) is 8.85. The minimum Gasteiger partial charge on any atom is -0.456 e. The van der Waals surface area contributed by atoms with Crippen molar-refractivity contribution in [2.45, 2.75) is 0 Å². The molecular formula is C40H23N3OS. The summed E-state index contributed by atoms with van der Waals surface area (Å²) in [6.45, 7) is 0. The smallest absolute Gasteiger partial charge is 0.235 e. The van der Waals surface area contributed by atoms with E-state index in [-0.39, 0.29) is 0 Å². The number of para-hydroxylation sites is 2. The molecule has 0 saturated carbocycles. The summed E-state index contributed by atoms with van der Waals surface area (Å²) in [6.07, 6.45) is 0. The molecule has 0 bridgehead atoms. The van der Waals surface area contributed by atoms with Gasteiger partial charge in [-0.3, -0.25) is 4.57 Å². The number of nitrogens with zero attached hydrogens (tertiary/aromatic N) is 3. The van der Waals surface area contributed by atoms with Crippen molar-refractivity contribution in [1.82, 2.24) is 14.5 Å². The van der Waals surface area contributed by atoms with Gasteiger partial charge in [-0.15, -0.1) is 11.3 Å². The first-order chi connectivity index (χ1) is 22.3. The highest BCUT2D eigenvalue weighted by Gasteiger charge is 2.22. The molecule has 10 aromatic rings. The van der Waals surface area contributed by atoms with Gasteiger partial charge in [-0.1, -0.05) is 109 Å². The molecule has 10 rings (SSSR count). The number of hydrogen-bond acceptors (Lipinski definition) is 4. The van der Waals surface area contributed by atoms with Crippen LogP contribution >= 0.6 is 11.3 Å². The van der Waals surface area contributed by atoms with E-state index in [2.05, 4.69) is 126 Å². The minimum absolute atomic E-state index is 0.659. The second-order valence-electron chi connectivity index (χ2n) is 11.4. The first kappa shape index (κ1) is 24.6. The molecule has 0 aliphatic rings. The van der Waals surface area contributed by atoms with E-state index in [1.54, 1.807) is 11.3 Å². The third kappa shape index (κ3) is 3.59. The number of benzene rings is 6. The lowest BCUT2D eigenvalue weighted by Crippen LogP contribution is -2.02. The molecule has 0 radical (unpaired) electrons. The van der Waals surface area contributed by atoms with Crippen LogP contribution < -0.4 is 0 Å². The van der Waals surface area contributed by atoms with Crippen LogP contribution in [0.2, 0.25) is 0 Å². The predicted octanol–water partition coefficient (Wildman–Crippen LogP) is 11.2. The van der Waals surface area contributed by atoms with Gasteiger partial charge in [-0.2, -0.15) is 0 Å². The molecule has 0 aliphatic heterocycles. The van der Waals surface area contributed by atoms with Crippen LogP contribution in [0.15, 0.2) is 144 Å². The Morgan fingerprint density at radius 1 is 0.489 bits per heavy atom. The van der Waals surface area contributed by atoms with E-state index in [4.69, 9.17) is 14.4 Å². The molecule has 0 saturated heterocycles. The van der Waals surface area contributed by atoms with Crippen LogP contribution in [-0.4, -0.2) is 14.5 Å². The van der Waals surface area contributed by atoms with Crippen molar-refractivity contribution in [3.05, 3.63) is 140 Å². The van der Waals surface area contributed by atoms with Gasteiger partial charge in [0, 0.05) is 37.2 Å². The Balaban J connectivity index is 1.29. The maximum absolute atomic E-state index is 6.30. The molecule has 0 fully saturated rings. The van der Waals surface area contributed by atoms with Crippen molar-refractivity contribution in [3.63, 3.8) is 0 Å². The fraction of sp³-hybridized carbons (Fsp3) is 0. The lowest BCUT2D eigenvalue weighted by molar-refractivity contribution is 0.669. The van der Waals surface area contributed by atoms with Gasteiger partial charge in [0.2, 0.25) is 5.95 Å². The fourth-order valence-corrected chi connectivity index (χ4v) is 7.97. The summed E-state index contributed by atoms with van der Waals surface area (Å²) in [5.41, 5.74) is 9.25. The van der Waals surface area contributed by atoms with E-state index in [9.17, 15) is 0 Å². The van der Waals surface area contributed by atoms with Crippen LogP contribution in [0, 0.1) is 0 Å². The van der Waals surface area contributed by atoms with Crippen LogP contribution in [0.1, 0.15) is 0 Å². The lowest BCUT2D eigenvalue weighted by atomic mass is 10.0. The maximum atomic E-state index is 6.30. The third-order valence-corrected chi connectivity index (χ3v) is 10.0. The van der Waals surface area contributed by atoms with E-state index in [1.165, 1.54) is 15.8 Å². The van der Waals surface area contributed by atoms with Gasteiger partial charge in [-0.05, 0) is 41.5 Å². The van der Waals surface area contributed by atoms with Crippen LogP contribution in [0.5, 0.6) is 0 Å². The summed E-state index contributed by atoms with van der Waals surface area (Å²) in [7, 11) is 0. The standard InChI is InChI=1S/C40H23N3OS/c1-2-10-24(11-3-1)25-18-20-26(21-19-25)37-39-38(29-14-6-9-17-34(29)45-39)42-40(41-37)43-30-15-7-4-12-27(30)35-31(43)22-23-33-36(35)28-13-5-8-16-32(28)44-33/h1-23H. The average molecular weight is 594 g/mol. The summed E-state index contributed by atoms with van der Waals surface area (Å²) < 4.78 is 10.8. The van der Waals surface area contributed by atoms with Gasteiger partial charge in [0.1, 0.15) is 11.2 Å². The topological polar surface area (TPSA) is 43.9 Å². The van der Waals surface area contributed by atoms with Crippen molar-refractivity contribution in [2.24, 2.45) is 0 Å². The van der Waals surface area contributed by atoms with Crippen molar-refractivity contribution < 1.29 is 4.42 Å². The molecule has 0 atom stereocenters. The first-order valence-corrected chi connectivity index (χ1v) is 15.8. The van der Waals surface area contributed by atoms with Gasteiger partial charge in [-0.25, -0.2) is 9.97 Å². The number of hydrogen-bond donors (Lipinski definition) is 0. The average Bonchev–Trinajstić information content (AvgIpc) is 3.78. The Bertz CT molecular complexity index is 2750. The van der Waals surface area contributed by atoms with E-state index in [0.29, 0.717) is 5.95 Å². The molecule has 6 aromatic carbocycles. The Kier molecular flexibility index (Phi) is 5.12. The highest BCUT2D eigenvalue weighted by Crippen LogP contribution is 2.43. The minimum atomic E-state index is 0.659. The number of thiophene rings is 1. The van der Waals surface area contributed by atoms with Crippen LogP contribution in [-0.2, 0) is 0 Å². The SMILES string of the molecule is c1ccc(-c2ccc(-c3nc(-n4c5ccccc5c5c6c(ccc54)oc4ccccc46)nc4c3sc3ccccc34)cc2)cc1. The second-order valence-corrected chi connectivity index (χ2v) is 12.4. The Morgan fingerprint density at radius 2 is 1.18 bits per heavy atom. The van der Waals surface area contributed by atoms with E-state index in [0.717, 1.165) is 70.6 Å². The molecular weight excluding hydrogens is 571 g/mol. The van der Waals surface area contributed by atoms with E-state index < -0.39 is 0 Å². The second kappa shape index (κ2) is 9.36. The number of furan rings is 1. The van der Waals surface area contributed by atoms with Gasteiger partial charge in [0.25, 0.3) is 0 Å². The predicted molar refractivity (Wildman–Crippen MR) is 187 cm³/mol. The number of aromatic nitrogens is 3. The quantitative estimate of drug-likeness (QED) is 0.205.